The molecule has 1 aromatic heterocycles. The first-order valence-corrected chi connectivity index (χ1v) is 6.27. The molecule has 16 heavy (non-hydrogen) atoms. The van der Waals surface area contributed by atoms with Gasteiger partial charge in [0, 0.05) is 18.8 Å². The van der Waals surface area contributed by atoms with Crippen LogP contribution in [0.2, 0.25) is 5.02 Å². The van der Waals surface area contributed by atoms with Crippen molar-refractivity contribution in [2.75, 3.05) is 18.0 Å². The molecule has 0 spiro atoms. The van der Waals surface area contributed by atoms with E-state index < -0.39 is 0 Å². The Bertz CT molecular complexity index is 326. The van der Waals surface area contributed by atoms with Crippen LogP contribution in [0.25, 0.3) is 0 Å². The van der Waals surface area contributed by atoms with E-state index in [1.54, 1.807) is 6.20 Å². The maximum atomic E-state index is 5.84. The van der Waals surface area contributed by atoms with Gasteiger partial charge in [0.1, 0.15) is 5.82 Å². The molecule has 1 aliphatic heterocycles. The molecule has 1 atom stereocenters. The zero-order chi connectivity index (χ0) is 11.4. The normalized spacial score (nSPS) is 20.4. The fourth-order valence-electron chi connectivity index (χ4n) is 2.33. The van der Waals surface area contributed by atoms with Gasteiger partial charge in [0.2, 0.25) is 0 Å². The largest absolute Gasteiger partial charge is 0.354 e. The minimum absolute atomic E-state index is 0.609. The summed E-state index contributed by atoms with van der Waals surface area (Å²) < 4.78 is 0. The van der Waals surface area contributed by atoms with Crippen molar-refractivity contribution >= 4 is 17.4 Å². The number of aromatic nitrogens is 1. The molecule has 1 unspecified atom stereocenters. The molecule has 0 saturated carbocycles. The second-order valence-electron chi connectivity index (χ2n) is 4.25. The van der Waals surface area contributed by atoms with Crippen LogP contribution in [0.1, 0.15) is 25.7 Å². The minimum Gasteiger partial charge on any atom is -0.354 e. The molecule has 2 N–H and O–H groups in total. The number of rotatable bonds is 4. The number of pyridine rings is 1. The number of halogens is 1. The third kappa shape index (κ3) is 2.66. The maximum absolute atomic E-state index is 5.84. The number of hydrogen-bond donors (Lipinski definition) is 1. The highest BCUT2D eigenvalue weighted by Gasteiger charge is 2.24. The molecule has 0 aromatic carbocycles. The molecule has 1 aromatic rings. The predicted molar refractivity (Wildman–Crippen MR) is 67.9 cm³/mol. The van der Waals surface area contributed by atoms with E-state index in [9.17, 15) is 0 Å². The van der Waals surface area contributed by atoms with E-state index in [4.69, 9.17) is 17.3 Å². The van der Waals surface area contributed by atoms with Gasteiger partial charge in [0.05, 0.1) is 5.02 Å². The van der Waals surface area contributed by atoms with Crippen LogP contribution in [-0.2, 0) is 0 Å². The Labute approximate surface area is 102 Å². The van der Waals surface area contributed by atoms with Gasteiger partial charge < -0.3 is 10.6 Å². The van der Waals surface area contributed by atoms with Gasteiger partial charge in [-0.15, -0.1) is 0 Å². The molecule has 0 amide bonds. The monoisotopic (exact) mass is 239 g/mol. The predicted octanol–water partition coefficient (Wildman–Crippen LogP) is 2.44. The Morgan fingerprint density at radius 2 is 2.38 bits per heavy atom. The molecule has 2 heterocycles. The van der Waals surface area contributed by atoms with Crippen LogP contribution >= 0.6 is 11.6 Å². The lowest BCUT2D eigenvalue weighted by molar-refractivity contribution is 0.582. The average Bonchev–Trinajstić information content (AvgIpc) is 2.75. The first kappa shape index (κ1) is 11.7. The molecule has 4 heteroatoms. The van der Waals surface area contributed by atoms with Gasteiger partial charge >= 0.3 is 0 Å². The Kier molecular flexibility index (Phi) is 4.02. The summed E-state index contributed by atoms with van der Waals surface area (Å²) >= 11 is 5.84. The number of hydrogen-bond acceptors (Lipinski definition) is 3. The summed E-state index contributed by atoms with van der Waals surface area (Å²) in [6.07, 6.45) is 6.48. The summed E-state index contributed by atoms with van der Waals surface area (Å²) in [5.41, 5.74) is 5.56. The Morgan fingerprint density at radius 3 is 3.06 bits per heavy atom. The van der Waals surface area contributed by atoms with Crippen molar-refractivity contribution in [2.24, 2.45) is 5.73 Å². The average molecular weight is 240 g/mol. The Balaban J connectivity index is 2.04. The molecule has 0 aliphatic carbocycles. The second kappa shape index (κ2) is 5.51. The van der Waals surface area contributed by atoms with Crippen LogP contribution in [0.3, 0.4) is 0 Å². The zero-order valence-corrected chi connectivity index (χ0v) is 10.2. The number of nitrogens with zero attached hydrogens (tertiary/aromatic N) is 2. The Morgan fingerprint density at radius 1 is 1.50 bits per heavy atom. The van der Waals surface area contributed by atoms with E-state index in [0.717, 1.165) is 25.3 Å². The molecule has 1 saturated heterocycles. The van der Waals surface area contributed by atoms with E-state index in [1.165, 1.54) is 19.3 Å². The van der Waals surface area contributed by atoms with Crippen LogP contribution in [0.4, 0.5) is 5.82 Å². The van der Waals surface area contributed by atoms with Gasteiger partial charge in [0.25, 0.3) is 0 Å². The number of anilines is 1. The highest BCUT2D eigenvalue weighted by molar-refractivity contribution is 6.30. The summed E-state index contributed by atoms with van der Waals surface area (Å²) in [6.45, 7) is 1.88. The lowest BCUT2D eigenvalue weighted by Crippen LogP contribution is -2.30. The third-order valence-corrected chi connectivity index (χ3v) is 3.35. The van der Waals surface area contributed by atoms with Crippen molar-refractivity contribution < 1.29 is 0 Å². The molecule has 2 rings (SSSR count). The van der Waals surface area contributed by atoms with Crippen molar-refractivity contribution in [1.29, 1.82) is 0 Å². The smallest absolute Gasteiger partial charge is 0.128 e. The molecule has 88 valence electrons. The van der Waals surface area contributed by atoms with Crippen molar-refractivity contribution in [3.63, 3.8) is 0 Å². The molecule has 0 radical (unpaired) electrons. The van der Waals surface area contributed by atoms with E-state index in [-0.39, 0.29) is 0 Å². The molecule has 1 fully saturated rings. The summed E-state index contributed by atoms with van der Waals surface area (Å²) in [7, 11) is 0. The van der Waals surface area contributed by atoms with Crippen molar-refractivity contribution in [3.8, 4) is 0 Å². The molecular formula is C12H18ClN3. The van der Waals surface area contributed by atoms with Crippen LogP contribution in [0, 0.1) is 0 Å². The van der Waals surface area contributed by atoms with E-state index >= 15 is 0 Å². The summed E-state index contributed by atoms with van der Waals surface area (Å²) in [4.78, 5) is 6.76. The van der Waals surface area contributed by atoms with Crippen LogP contribution in [-0.4, -0.2) is 24.1 Å². The lowest BCUT2D eigenvalue weighted by atomic mass is 10.1. The van der Waals surface area contributed by atoms with Crippen molar-refractivity contribution in [3.05, 3.63) is 23.4 Å². The number of nitrogens with two attached hydrogens (primary N) is 1. The van der Waals surface area contributed by atoms with Gasteiger partial charge in [-0.1, -0.05) is 11.6 Å². The highest BCUT2D eigenvalue weighted by atomic mass is 35.5. The van der Waals surface area contributed by atoms with Crippen LogP contribution < -0.4 is 10.6 Å². The summed E-state index contributed by atoms with van der Waals surface area (Å²) in [5, 5.41) is 0.696. The van der Waals surface area contributed by atoms with Crippen molar-refractivity contribution in [1.82, 2.24) is 4.98 Å². The minimum atomic E-state index is 0.609. The third-order valence-electron chi connectivity index (χ3n) is 3.12. The first-order chi connectivity index (χ1) is 7.81. The molecule has 1 aliphatic rings. The Hall–Kier alpha value is -0.800. The van der Waals surface area contributed by atoms with Gasteiger partial charge in [0.15, 0.2) is 0 Å². The molecular weight excluding hydrogens is 222 g/mol. The van der Waals surface area contributed by atoms with Gasteiger partial charge in [-0.3, -0.25) is 0 Å². The maximum Gasteiger partial charge on any atom is 0.128 e. The summed E-state index contributed by atoms with van der Waals surface area (Å²) in [6, 6.07) is 4.52. The first-order valence-electron chi connectivity index (χ1n) is 5.89. The zero-order valence-electron chi connectivity index (χ0n) is 9.40. The second-order valence-corrected chi connectivity index (χ2v) is 4.69. The molecule has 3 nitrogen and oxygen atoms in total. The van der Waals surface area contributed by atoms with Crippen molar-refractivity contribution in [2.45, 2.75) is 31.7 Å². The van der Waals surface area contributed by atoms with Crippen LogP contribution in [0.15, 0.2) is 18.3 Å². The van der Waals surface area contributed by atoms with E-state index in [0.29, 0.717) is 11.1 Å². The fraction of sp³-hybridized carbons (Fsp3) is 0.583. The topological polar surface area (TPSA) is 42.1 Å². The van der Waals surface area contributed by atoms with E-state index in [2.05, 4.69) is 9.88 Å². The van der Waals surface area contributed by atoms with E-state index in [1.807, 2.05) is 12.1 Å². The van der Waals surface area contributed by atoms with Gasteiger partial charge in [-0.2, -0.15) is 0 Å². The highest BCUT2D eigenvalue weighted by Crippen LogP contribution is 2.26. The van der Waals surface area contributed by atoms with Gasteiger partial charge in [-0.25, -0.2) is 4.98 Å². The fourth-order valence-corrected chi connectivity index (χ4v) is 2.44. The standard InChI is InChI=1S/C12H18ClN3/c13-10-5-6-12(15-9-10)16-8-2-4-11(16)3-1-7-14/h5-6,9,11H,1-4,7-8,14H2. The quantitative estimate of drug-likeness (QED) is 0.878. The van der Waals surface area contributed by atoms with Gasteiger partial charge in [-0.05, 0) is 44.4 Å². The lowest BCUT2D eigenvalue weighted by Gasteiger charge is -2.25. The summed E-state index contributed by atoms with van der Waals surface area (Å²) in [5.74, 6) is 1.05. The SMILES string of the molecule is NCCCC1CCCN1c1ccc(Cl)cn1. The molecule has 0 bridgehead atoms. The van der Waals surface area contributed by atoms with Crippen LogP contribution in [0.5, 0.6) is 0 Å².